The highest BCUT2D eigenvalue weighted by Gasteiger charge is 2.22. The van der Waals surface area contributed by atoms with Crippen LogP contribution >= 0.6 is 37.2 Å². The van der Waals surface area contributed by atoms with Crippen LogP contribution in [0.25, 0.3) is 27.9 Å². The van der Waals surface area contributed by atoms with E-state index >= 15 is 0 Å². The molecular weight excluding hydrogens is 1790 g/mol. The van der Waals surface area contributed by atoms with Gasteiger partial charge in [0.25, 0.3) is 0 Å². The van der Waals surface area contributed by atoms with E-state index in [0.29, 0.717) is 150 Å². The van der Waals surface area contributed by atoms with Crippen molar-refractivity contribution in [2.24, 2.45) is 17.2 Å². The van der Waals surface area contributed by atoms with Gasteiger partial charge in [-0.1, -0.05) is 54.6 Å². The van der Waals surface area contributed by atoms with Gasteiger partial charge >= 0.3 is 0 Å². The summed E-state index contributed by atoms with van der Waals surface area (Å²) in [4.78, 5) is 46.9. The maximum Gasteiger partial charge on any atom is 0.241 e. The quantitative estimate of drug-likeness (QED) is 0.0140. The summed E-state index contributed by atoms with van der Waals surface area (Å²) in [5.41, 5.74) is 36.4. The van der Waals surface area contributed by atoms with E-state index in [9.17, 15) is 35.0 Å². The second-order valence-corrected chi connectivity index (χ2v) is 27.6. The van der Waals surface area contributed by atoms with Crippen molar-refractivity contribution in [3.63, 3.8) is 0 Å². The third-order valence-electron chi connectivity index (χ3n) is 19.0. The Bertz CT molecular complexity index is 6040. The fourth-order valence-corrected chi connectivity index (χ4v) is 12.6. The molecule has 0 bridgehead atoms. The SMILES string of the molecule is CCOc1cc(C(=CC#N)c2ccc(NC(C)=O)cc2)ccc1OC.CCOc1cc(C(=CC#N)c2ccc(OC)c(NC(=O)[C@@H](C)N)c2)ccc1OC.COc1cc(OC)cc(C(=CC#N)c2ccc(OC)c(NC(=O)CN)c2)c1.COc1cc(OC)cc(C(=CC#N)c2ccc(OC)c(NC(=O)[C@@H](C)N)c2)c1.COc1ccc(C(=CC#N)c2ccc(OC)c(OC)c2)cc1N.Cl.Cl.Cl. The average molecular weight is 1900 g/mol. The molecule has 0 radical (unpaired) electrons. The minimum Gasteiger partial charge on any atom is -0.497 e. The van der Waals surface area contributed by atoms with Crippen molar-refractivity contribution in [3.05, 3.63) is 274 Å². The van der Waals surface area contributed by atoms with Crippen LogP contribution in [0.3, 0.4) is 0 Å². The molecule has 135 heavy (non-hydrogen) atoms. The molecule has 4 amide bonds. The highest BCUT2D eigenvalue weighted by Crippen LogP contribution is 2.42. The number of rotatable bonds is 33. The minimum absolute atomic E-state index is 0. The van der Waals surface area contributed by atoms with Crippen LogP contribution in [-0.4, -0.2) is 141 Å². The molecule has 0 heterocycles. The lowest BCUT2D eigenvalue weighted by atomic mass is 9.96. The van der Waals surface area contributed by atoms with Crippen molar-refractivity contribution in [2.75, 3.05) is 132 Å². The molecule has 10 aromatic carbocycles. The fraction of sp³-hybridized carbons (Fsp3) is 0.218. The Morgan fingerprint density at radius 3 is 0.852 bits per heavy atom. The third kappa shape index (κ3) is 32.8. The van der Waals surface area contributed by atoms with E-state index < -0.39 is 12.1 Å². The maximum atomic E-state index is 12.1. The van der Waals surface area contributed by atoms with Gasteiger partial charge in [-0.2, -0.15) is 26.3 Å². The number of nitrogens with one attached hydrogen (secondary N) is 4. The zero-order valence-electron chi connectivity index (χ0n) is 77.7. The predicted molar refractivity (Wildman–Crippen MR) is 532 cm³/mol. The van der Waals surface area contributed by atoms with Crippen molar-refractivity contribution in [2.45, 2.75) is 46.7 Å². The molecule has 0 fully saturated rings. The summed E-state index contributed by atoms with van der Waals surface area (Å²) in [6, 6.07) is 64.7. The maximum absolute atomic E-state index is 12.1. The number of ether oxygens (including phenoxy) is 14. The average Bonchev–Trinajstić information content (AvgIpc) is 0.844. The molecule has 12 N–H and O–H groups in total. The van der Waals surface area contributed by atoms with Gasteiger partial charge in [-0.3, -0.25) is 19.2 Å². The second kappa shape index (κ2) is 58.6. The van der Waals surface area contributed by atoms with Crippen LogP contribution < -0.4 is 111 Å². The highest BCUT2D eigenvalue weighted by atomic mass is 35.5. The van der Waals surface area contributed by atoms with Gasteiger partial charge in [0.1, 0.15) is 46.0 Å². The first-order chi connectivity index (χ1) is 63.6. The van der Waals surface area contributed by atoms with Gasteiger partial charge in [0, 0.05) is 55.1 Å². The van der Waals surface area contributed by atoms with Crippen molar-refractivity contribution < 1.29 is 85.5 Å². The van der Waals surface area contributed by atoms with E-state index in [1.54, 1.807) is 199 Å². The molecule has 10 rings (SSSR count). The minimum atomic E-state index is -0.676. The van der Waals surface area contributed by atoms with Crippen molar-refractivity contribution >= 4 is 117 Å². The number of nitrogens with two attached hydrogens (primary N) is 4. The normalized spacial score (nSPS) is 11.0. The lowest BCUT2D eigenvalue weighted by molar-refractivity contribution is -0.117. The number of carbonyl (C=O) groups is 4. The Kier molecular flexibility index (Phi) is 49.1. The van der Waals surface area contributed by atoms with Crippen molar-refractivity contribution in [1.82, 2.24) is 0 Å². The topological polar surface area (TPSA) is 469 Å². The van der Waals surface area contributed by atoms with Crippen LogP contribution in [0.4, 0.5) is 28.4 Å². The van der Waals surface area contributed by atoms with E-state index in [4.69, 9.17) is 99.8 Å². The number of nitriles is 5. The van der Waals surface area contributed by atoms with Crippen molar-refractivity contribution in [3.8, 4) is 111 Å². The van der Waals surface area contributed by atoms with Crippen LogP contribution in [0.5, 0.6) is 80.5 Å². The molecule has 10 aromatic rings. The number of nitrogen functional groups attached to an aromatic ring is 1. The monoisotopic (exact) mass is 1900 g/mol. The highest BCUT2D eigenvalue weighted by molar-refractivity contribution is 5.99. The summed E-state index contributed by atoms with van der Waals surface area (Å²) >= 11 is 0. The standard InChI is InChI=1S/C22H25N3O4.C21H23N3O4.C20H21N3O4.C20H20N2O3.C18H18N2O3.3ClH/c1-5-29-21-13-16(7-9-20(21)28-4)17(10-11-23)15-6-8-19(27-3)18(12-15)25-22(26)14(2)24;1-13(23)21(25)24-19-11-14(5-6-20(19)28-4)18(7-8-22)15-9-16(26-2)12-17(10-15)27-3;1-25-15-8-14(9-16(11-15)26-2)17(6-7-21)13-4-5-19(27-3)18(10-13)23-20(24)12-22;1-4-25-20-13-16(7-10-19(20)24-3)18(11-12-21)15-5-8-17(9-6-15)22-14(2)23;1-21-16-6-4-12(10-15(16)20)14(8-9-19)13-5-7-17(22-2)18(11-13)23-3;;;/h6-10,12-14H,5,24H2,1-4H3,(H,25,26);5-7,9-13H,23H2,1-4H3,(H,24,25);4-6,8-11H,12,22H2,1-3H3,(H,23,24);5-11,13H,4H2,1-3H3,(H,22,23);4-8,10-11H,20H2,1-3H3;3*1H/t14-;13-;;;;;;/m11....../s1. The molecule has 0 aliphatic rings. The van der Waals surface area contributed by atoms with Gasteiger partial charge in [-0.05, 0) is 233 Å². The number of allylic oxidation sites excluding steroid dienone is 5. The van der Waals surface area contributed by atoms with Crippen LogP contribution in [0.2, 0.25) is 0 Å². The zero-order chi connectivity index (χ0) is 96.9. The molecule has 0 saturated heterocycles. The largest absolute Gasteiger partial charge is 0.497 e. The molecule has 0 aliphatic heterocycles. The molecule has 0 spiro atoms. The van der Waals surface area contributed by atoms with Crippen LogP contribution in [0.15, 0.2) is 218 Å². The molecule has 2 atom stereocenters. The lowest BCUT2D eigenvalue weighted by Crippen LogP contribution is -2.32. The lowest BCUT2D eigenvalue weighted by Gasteiger charge is -2.16. The number of benzene rings is 10. The summed E-state index contributed by atoms with van der Waals surface area (Å²) in [5.74, 6) is 6.95. The summed E-state index contributed by atoms with van der Waals surface area (Å²) in [7, 11) is 18.6. The molecule has 708 valence electrons. The molecule has 0 saturated carbocycles. The number of amides is 4. The summed E-state index contributed by atoms with van der Waals surface area (Å²) in [6.45, 7) is 9.28. The number of methoxy groups -OCH3 is 12. The van der Waals surface area contributed by atoms with Gasteiger partial charge in [0.15, 0.2) is 34.5 Å². The van der Waals surface area contributed by atoms with E-state index in [-0.39, 0.29) is 67.4 Å². The van der Waals surface area contributed by atoms with E-state index in [1.165, 1.54) is 58.6 Å². The molecule has 0 aromatic heterocycles. The number of hydrogen-bond donors (Lipinski definition) is 8. The first-order valence-corrected chi connectivity index (χ1v) is 40.5. The molecule has 0 aliphatic carbocycles. The number of anilines is 5. The van der Waals surface area contributed by atoms with E-state index in [2.05, 4.69) is 51.6 Å². The zero-order valence-corrected chi connectivity index (χ0v) is 80.1. The molecule has 31 nitrogen and oxygen atoms in total. The Hall–Kier alpha value is -16.0. The van der Waals surface area contributed by atoms with Gasteiger partial charge in [0.2, 0.25) is 23.6 Å². The van der Waals surface area contributed by atoms with E-state index in [1.807, 2.05) is 80.6 Å². The Morgan fingerprint density at radius 2 is 0.578 bits per heavy atom. The summed E-state index contributed by atoms with van der Waals surface area (Å²) in [5, 5.41) is 57.1. The van der Waals surface area contributed by atoms with Gasteiger partial charge in [-0.15, -0.1) is 37.2 Å². The van der Waals surface area contributed by atoms with Gasteiger partial charge in [0.05, 0.1) is 170 Å². The molecule has 34 heteroatoms. The second-order valence-electron chi connectivity index (χ2n) is 27.6. The van der Waals surface area contributed by atoms with Gasteiger partial charge < -0.3 is 111 Å². The Morgan fingerprint density at radius 1 is 0.319 bits per heavy atom. The number of nitrogens with zero attached hydrogens (tertiary/aromatic N) is 5. The predicted octanol–water partition coefficient (Wildman–Crippen LogP) is 17.4. The third-order valence-corrected chi connectivity index (χ3v) is 19.0. The number of carbonyl (C=O) groups excluding carboxylic acids is 4. The Balaban J connectivity index is 0.000000433. The fourth-order valence-electron chi connectivity index (χ4n) is 12.6. The van der Waals surface area contributed by atoms with Crippen molar-refractivity contribution in [1.29, 1.82) is 26.3 Å². The van der Waals surface area contributed by atoms with Crippen LogP contribution in [0.1, 0.15) is 90.3 Å². The molecular formula is C101H110Cl3N13O18. The summed E-state index contributed by atoms with van der Waals surface area (Å²) in [6.07, 6.45) is 7.25. The first kappa shape index (κ1) is 113. The Labute approximate surface area is 805 Å². The van der Waals surface area contributed by atoms with Gasteiger partial charge in [-0.25, -0.2) is 0 Å². The number of halogens is 3. The first-order valence-electron chi connectivity index (χ1n) is 40.5. The smallest absolute Gasteiger partial charge is 0.241 e. The van der Waals surface area contributed by atoms with Crippen LogP contribution in [-0.2, 0) is 19.2 Å². The summed E-state index contributed by atoms with van der Waals surface area (Å²) < 4.78 is 74.8. The van der Waals surface area contributed by atoms with E-state index in [0.717, 1.165) is 55.7 Å². The number of hydrogen-bond acceptors (Lipinski definition) is 27. The van der Waals surface area contributed by atoms with Crippen LogP contribution in [0, 0.1) is 56.7 Å². The molecule has 0 unspecified atom stereocenters.